The molecule has 5 heteroatoms. The van der Waals surface area contributed by atoms with Crippen LogP contribution in [0.2, 0.25) is 0 Å². The molecule has 0 spiro atoms. The van der Waals surface area contributed by atoms with Crippen LogP contribution in [0.5, 0.6) is 0 Å². The van der Waals surface area contributed by atoms with E-state index in [1.54, 1.807) is 18.2 Å². The van der Waals surface area contributed by atoms with Gasteiger partial charge in [-0.1, -0.05) is 31.4 Å². The minimum absolute atomic E-state index is 0.128. The van der Waals surface area contributed by atoms with Crippen molar-refractivity contribution in [2.45, 2.75) is 44.6 Å². The molecule has 0 atom stereocenters. The number of carboxylic acid groups (broad SMARTS) is 1. The van der Waals surface area contributed by atoms with Gasteiger partial charge >= 0.3 is 12.0 Å². The molecule has 2 amide bonds. The molecule has 1 saturated carbocycles. The second-order valence-electron chi connectivity index (χ2n) is 5.49. The zero-order chi connectivity index (χ0) is 15.1. The molecule has 0 aromatic heterocycles. The van der Waals surface area contributed by atoms with E-state index < -0.39 is 5.97 Å². The van der Waals surface area contributed by atoms with Crippen molar-refractivity contribution < 1.29 is 14.7 Å². The van der Waals surface area contributed by atoms with E-state index in [9.17, 15) is 9.59 Å². The first-order chi connectivity index (χ1) is 10.1. The topological polar surface area (TPSA) is 78.4 Å². The van der Waals surface area contributed by atoms with Crippen LogP contribution in [0.25, 0.3) is 0 Å². The van der Waals surface area contributed by atoms with Gasteiger partial charge in [0.05, 0.1) is 5.56 Å². The standard InChI is InChI=1S/C16H22N2O3/c19-15(20)13-6-4-5-12(11-13)9-10-17-16(21)18-14-7-2-1-3-8-14/h4-6,11,14H,1-3,7-10H2,(H,19,20)(H2,17,18,21). The van der Waals surface area contributed by atoms with Gasteiger partial charge in [0.15, 0.2) is 0 Å². The molecular formula is C16H22N2O3. The first kappa shape index (κ1) is 15.4. The van der Waals surface area contributed by atoms with Crippen LogP contribution >= 0.6 is 0 Å². The molecule has 21 heavy (non-hydrogen) atoms. The lowest BCUT2D eigenvalue weighted by Crippen LogP contribution is -2.43. The summed E-state index contributed by atoms with van der Waals surface area (Å²) < 4.78 is 0. The van der Waals surface area contributed by atoms with E-state index in [0.717, 1.165) is 18.4 Å². The lowest BCUT2D eigenvalue weighted by atomic mass is 9.96. The van der Waals surface area contributed by atoms with E-state index >= 15 is 0 Å². The molecule has 1 aromatic carbocycles. The highest BCUT2D eigenvalue weighted by Gasteiger charge is 2.15. The van der Waals surface area contributed by atoms with Gasteiger partial charge in [0, 0.05) is 12.6 Å². The van der Waals surface area contributed by atoms with Crippen molar-refractivity contribution >= 4 is 12.0 Å². The number of benzene rings is 1. The molecule has 0 saturated heterocycles. The zero-order valence-corrected chi connectivity index (χ0v) is 12.1. The number of rotatable bonds is 5. The maximum atomic E-state index is 11.8. The van der Waals surface area contributed by atoms with E-state index in [0.29, 0.717) is 19.0 Å². The Morgan fingerprint density at radius 3 is 2.67 bits per heavy atom. The number of carbonyl (C=O) groups is 2. The Balaban J connectivity index is 1.72. The average molecular weight is 290 g/mol. The fourth-order valence-corrected chi connectivity index (χ4v) is 2.66. The van der Waals surface area contributed by atoms with Crippen molar-refractivity contribution in [1.29, 1.82) is 0 Å². The Bertz CT molecular complexity index is 496. The number of carboxylic acids is 1. The van der Waals surface area contributed by atoms with E-state index in [2.05, 4.69) is 10.6 Å². The van der Waals surface area contributed by atoms with Gasteiger partial charge in [-0.05, 0) is 37.0 Å². The van der Waals surface area contributed by atoms with Crippen molar-refractivity contribution in [2.75, 3.05) is 6.54 Å². The Hall–Kier alpha value is -2.04. The SMILES string of the molecule is O=C(NCCc1cccc(C(=O)O)c1)NC1CCCCC1. The summed E-state index contributed by atoms with van der Waals surface area (Å²) in [5.74, 6) is -0.931. The third-order valence-corrected chi connectivity index (χ3v) is 3.81. The lowest BCUT2D eigenvalue weighted by Gasteiger charge is -2.22. The highest BCUT2D eigenvalue weighted by Crippen LogP contribution is 2.17. The number of nitrogens with one attached hydrogen (secondary N) is 2. The largest absolute Gasteiger partial charge is 0.478 e. The van der Waals surface area contributed by atoms with Crippen molar-refractivity contribution in [3.63, 3.8) is 0 Å². The van der Waals surface area contributed by atoms with Crippen LogP contribution in [0.3, 0.4) is 0 Å². The van der Waals surface area contributed by atoms with Gasteiger partial charge in [0.1, 0.15) is 0 Å². The molecule has 1 aromatic rings. The first-order valence-electron chi connectivity index (χ1n) is 7.52. The third kappa shape index (κ3) is 5.10. The molecular weight excluding hydrogens is 268 g/mol. The van der Waals surface area contributed by atoms with Crippen LogP contribution in [-0.4, -0.2) is 29.7 Å². The van der Waals surface area contributed by atoms with Gasteiger partial charge in [-0.3, -0.25) is 0 Å². The summed E-state index contributed by atoms with van der Waals surface area (Å²) in [5.41, 5.74) is 1.19. The van der Waals surface area contributed by atoms with Crippen molar-refractivity contribution in [2.24, 2.45) is 0 Å². The van der Waals surface area contributed by atoms with Gasteiger partial charge in [-0.2, -0.15) is 0 Å². The summed E-state index contributed by atoms with van der Waals surface area (Å²) >= 11 is 0. The Morgan fingerprint density at radius 2 is 1.95 bits per heavy atom. The van der Waals surface area contributed by atoms with Crippen LogP contribution in [0.1, 0.15) is 48.0 Å². The molecule has 0 heterocycles. The summed E-state index contributed by atoms with van der Waals surface area (Å²) in [6, 6.07) is 6.97. The summed E-state index contributed by atoms with van der Waals surface area (Å²) in [4.78, 5) is 22.6. The van der Waals surface area contributed by atoms with E-state index in [1.807, 2.05) is 6.07 Å². The maximum Gasteiger partial charge on any atom is 0.335 e. The van der Waals surface area contributed by atoms with Crippen LogP contribution in [0.4, 0.5) is 4.79 Å². The Morgan fingerprint density at radius 1 is 1.19 bits per heavy atom. The second-order valence-corrected chi connectivity index (χ2v) is 5.49. The van der Waals surface area contributed by atoms with Gasteiger partial charge in [-0.15, -0.1) is 0 Å². The molecule has 3 N–H and O–H groups in total. The van der Waals surface area contributed by atoms with E-state index in [-0.39, 0.29) is 11.6 Å². The highest BCUT2D eigenvalue weighted by molar-refractivity contribution is 5.87. The first-order valence-corrected chi connectivity index (χ1v) is 7.52. The maximum absolute atomic E-state index is 11.8. The van der Waals surface area contributed by atoms with Crippen LogP contribution < -0.4 is 10.6 Å². The fraction of sp³-hybridized carbons (Fsp3) is 0.500. The molecule has 0 bridgehead atoms. The minimum Gasteiger partial charge on any atom is -0.478 e. The molecule has 5 nitrogen and oxygen atoms in total. The zero-order valence-electron chi connectivity index (χ0n) is 12.1. The van der Waals surface area contributed by atoms with Crippen molar-refractivity contribution in [3.8, 4) is 0 Å². The molecule has 0 radical (unpaired) electrons. The van der Waals surface area contributed by atoms with Crippen LogP contribution in [0.15, 0.2) is 24.3 Å². The Labute approximate surface area is 124 Å². The molecule has 1 aliphatic carbocycles. The highest BCUT2D eigenvalue weighted by atomic mass is 16.4. The monoisotopic (exact) mass is 290 g/mol. The summed E-state index contributed by atoms with van der Waals surface area (Å²) in [7, 11) is 0. The normalized spacial score (nSPS) is 15.4. The molecule has 0 unspecified atom stereocenters. The molecule has 1 aliphatic rings. The number of hydrogen-bond donors (Lipinski definition) is 3. The summed E-state index contributed by atoms with van der Waals surface area (Å²) in [6.07, 6.45) is 6.39. The summed E-state index contributed by atoms with van der Waals surface area (Å²) in [5, 5.41) is 14.7. The number of carbonyl (C=O) groups excluding carboxylic acids is 1. The van der Waals surface area contributed by atoms with Gasteiger partial charge in [0.2, 0.25) is 0 Å². The van der Waals surface area contributed by atoms with Crippen LogP contribution in [0, 0.1) is 0 Å². The fourth-order valence-electron chi connectivity index (χ4n) is 2.66. The average Bonchev–Trinajstić information content (AvgIpc) is 2.48. The van der Waals surface area contributed by atoms with E-state index in [1.165, 1.54) is 19.3 Å². The third-order valence-electron chi connectivity index (χ3n) is 3.81. The molecule has 0 aliphatic heterocycles. The number of urea groups is 1. The lowest BCUT2D eigenvalue weighted by molar-refractivity contribution is 0.0696. The second kappa shape index (κ2) is 7.67. The van der Waals surface area contributed by atoms with E-state index in [4.69, 9.17) is 5.11 Å². The van der Waals surface area contributed by atoms with Crippen LogP contribution in [-0.2, 0) is 6.42 Å². The molecule has 2 rings (SSSR count). The van der Waals surface area contributed by atoms with Gasteiger partial charge in [-0.25, -0.2) is 9.59 Å². The number of amides is 2. The van der Waals surface area contributed by atoms with Crippen molar-refractivity contribution in [3.05, 3.63) is 35.4 Å². The van der Waals surface area contributed by atoms with Gasteiger partial charge in [0.25, 0.3) is 0 Å². The van der Waals surface area contributed by atoms with Gasteiger partial charge < -0.3 is 15.7 Å². The molecule has 1 fully saturated rings. The van der Waals surface area contributed by atoms with Crippen molar-refractivity contribution in [1.82, 2.24) is 10.6 Å². The summed E-state index contributed by atoms with van der Waals surface area (Å²) in [6.45, 7) is 0.502. The predicted octanol–water partition coefficient (Wildman–Crippen LogP) is 2.56. The molecule has 114 valence electrons. The predicted molar refractivity (Wildman–Crippen MR) is 80.5 cm³/mol. The minimum atomic E-state index is -0.931. The smallest absolute Gasteiger partial charge is 0.335 e. The quantitative estimate of drug-likeness (QED) is 0.780. The Kier molecular flexibility index (Phi) is 5.60. The number of hydrogen-bond acceptors (Lipinski definition) is 2. The number of aromatic carboxylic acids is 1.